The molecule has 1 aromatic rings. The van der Waals surface area contributed by atoms with Gasteiger partial charge in [-0.15, -0.1) is 0 Å². The van der Waals surface area contributed by atoms with E-state index in [1.807, 2.05) is 31.2 Å². The number of hydrogen-bond donors (Lipinski definition) is 0. The molecule has 0 saturated carbocycles. The second-order valence-electron chi connectivity index (χ2n) is 4.24. The molecule has 0 bridgehead atoms. The quantitative estimate of drug-likeness (QED) is 0.524. The molecule has 98 valence electrons. The van der Waals surface area contributed by atoms with Crippen molar-refractivity contribution in [1.82, 2.24) is 0 Å². The minimum atomic E-state index is -0.254. The van der Waals surface area contributed by atoms with Crippen LogP contribution in [0.3, 0.4) is 0 Å². The first-order chi connectivity index (χ1) is 8.77. The lowest BCUT2D eigenvalue weighted by molar-refractivity contribution is 0.0526. The molecular weight excluding hydrogens is 224 g/mol. The zero-order valence-electron chi connectivity index (χ0n) is 11.3. The SMILES string of the molecule is CCCCC/C=C/c1ccc(C(=O)OCC)cc1. The van der Waals surface area contributed by atoms with Gasteiger partial charge in [-0.05, 0) is 37.5 Å². The molecule has 0 atom stereocenters. The molecule has 0 aliphatic rings. The maximum atomic E-state index is 11.4. The lowest BCUT2D eigenvalue weighted by Gasteiger charge is -2.01. The molecular formula is C16H22O2. The van der Waals surface area contributed by atoms with Gasteiger partial charge in [0.05, 0.1) is 12.2 Å². The Bertz CT molecular complexity index is 377. The minimum Gasteiger partial charge on any atom is -0.462 e. The fourth-order valence-corrected chi connectivity index (χ4v) is 1.68. The number of hydrogen-bond acceptors (Lipinski definition) is 2. The van der Waals surface area contributed by atoms with Gasteiger partial charge in [0.1, 0.15) is 0 Å². The standard InChI is InChI=1S/C16H22O2/c1-3-5-6-7-8-9-14-10-12-15(13-11-14)16(17)18-4-2/h8-13H,3-7H2,1-2H3/b9-8+. The number of carbonyl (C=O) groups excluding carboxylic acids is 1. The summed E-state index contributed by atoms with van der Waals surface area (Å²) >= 11 is 0. The molecule has 2 nitrogen and oxygen atoms in total. The Labute approximate surface area is 110 Å². The number of ether oxygens (including phenoxy) is 1. The highest BCUT2D eigenvalue weighted by Crippen LogP contribution is 2.09. The topological polar surface area (TPSA) is 26.3 Å². The molecule has 1 rings (SSSR count). The van der Waals surface area contributed by atoms with E-state index < -0.39 is 0 Å². The lowest BCUT2D eigenvalue weighted by Crippen LogP contribution is -2.03. The van der Waals surface area contributed by atoms with Crippen molar-refractivity contribution < 1.29 is 9.53 Å². The van der Waals surface area contributed by atoms with E-state index in [4.69, 9.17) is 4.74 Å². The van der Waals surface area contributed by atoms with Gasteiger partial charge in [0, 0.05) is 0 Å². The van der Waals surface area contributed by atoms with E-state index >= 15 is 0 Å². The maximum Gasteiger partial charge on any atom is 0.338 e. The minimum absolute atomic E-state index is 0.254. The molecule has 0 spiro atoms. The van der Waals surface area contributed by atoms with Crippen LogP contribution in [0, 0.1) is 0 Å². The highest BCUT2D eigenvalue weighted by molar-refractivity contribution is 5.89. The van der Waals surface area contributed by atoms with Gasteiger partial charge in [0.15, 0.2) is 0 Å². The van der Waals surface area contributed by atoms with E-state index in [1.54, 1.807) is 0 Å². The Hall–Kier alpha value is -1.57. The second-order valence-corrected chi connectivity index (χ2v) is 4.24. The fraction of sp³-hybridized carbons (Fsp3) is 0.438. The Morgan fingerprint density at radius 1 is 1.17 bits per heavy atom. The lowest BCUT2D eigenvalue weighted by atomic mass is 10.1. The fourth-order valence-electron chi connectivity index (χ4n) is 1.68. The predicted molar refractivity (Wildman–Crippen MR) is 75.6 cm³/mol. The van der Waals surface area contributed by atoms with Crippen LogP contribution in [0.1, 0.15) is 55.5 Å². The van der Waals surface area contributed by atoms with Gasteiger partial charge in [-0.2, -0.15) is 0 Å². The molecule has 0 heterocycles. The van der Waals surface area contributed by atoms with Crippen LogP contribution in [0.5, 0.6) is 0 Å². The molecule has 0 unspecified atom stereocenters. The van der Waals surface area contributed by atoms with Crippen molar-refractivity contribution >= 4 is 12.0 Å². The van der Waals surface area contributed by atoms with Crippen LogP contribution in [0.4, 0.5) is 0 Å². The molecule has 18 heavy (non-hydrogen) atoms. The smallest absolute Gasteiger partial charge is 0.338 e. The molecule has 0 aliphatic carbocycles. The van der Waals surface area contributed by atoms with Crippen LogP contribution >= 0.6 is 0 Å². The number of unbranched alkanes of at least 4 members (excludes halogenated alkanes) is 3. The van der Waals surface area contributed by atoms with Crippen molar-refractivity contribution in [2.45, 2.75) is 39.5 Å². The third-order valence-electron chi connectivity index (χ3n) is 2.71. The first kappa shape index (κ1) is 14.5. The first-order valence-electron chi connectivity index (χ1n) is 6.71. The average molecular weight is 246 g/mol. The summed E-state index contributed by atoms with van der Waals surface area (Å²) in [4.78, 5) is 11.4. The van der Waals surface area contributed by atoms with E-state index in [1.165, 1.54) is 19.3 Å². The largest absolute Gasteiger partial charge is 0.462 e. The highest BCUT2D eigenvalue weighted by Gasteiger charge is 2.04. The monoisotopic (exact) mass is 246 g/mol. The summed E-state index contributed by atoms with van der Waals surface area (Å²) < 4.78 is 4.94. The maximum absolute atomic E-state index is 11.4. The predicted octanol–water partition coefficient (Wildman–Crippen LogP) is 4.46. The Balaban J connectivity index is 2.47. The molecule has 1 aromatic carbocycles. The van der Waals surface area contributed by atoms with E-state index in [-0.39, 0.29) is 5.97 Å². The Morgan fingerprint density at radius 2 is 1.89 bits per heavy atom. The summed E-state index contributed by atoms with van der Waals surface area (Å²) in [6.45, 7) is 4.43. The summed E-state index contributed by atoms with van der Waals surface area (Å²) in [5.74, 6) is -0.254. The summed E-state index contributed by atoms with van der Waals surface area (Å²) in [7, 11) is 0. The van der Waals surface area contributed by atoms with E-state index in [0.29, 0.717) is 12.2 Å². The third kappa shape index (κ3) is 5.17. The van der Waals surface area contributed by atoms with Crippen molar-refractivity contribution in [1.29, 1.82) is 0 Å². The molecule has 2 heteroatoms. The second kappa shape index (κ2) is 8.51. The van der Waals surface area contributed by atoms with Crippen LogP contribution in [0.15, 0.2) is 30.3 Å². The molecule has 0 aliphatic heterocycles. The van der Waals surface area contributed by atoms with Gasteiger partial charge in [0.2, 0.25) is 0 Å². The molecule has 0 saturated heterocycles. The summed E-state index contributed by atoms with van der Waals surface area (Å²) in [5, 5.41) is 0. The summed E-state index contributed by atoms with van der Waals surface area (Å²) in [6, 6.07) is 7.51. The van der Waals surface area contributed by atoms with Gasteiger partial charge in [0.25, 0.3) is 0 Å². The summed E-state index contributed by atoms with van der Waals surface area (Å²) in [5.41, 5.74) is 1.74. The first-order valence-corrected chi connectivity index (χ1v) is 6.71. The zero-order chi connectivity index (χ0) is 13.2. The third-order valence-corrected chi connectivity index (χ3v) is 2.71. The number of rotatable bonds is 7. The van der Waals surface area contributed by atoms with Crippen molar-refractivity contribution in [2.24, 2.45) is 0 Å². The van der Waals surface area contributed by atoms with Crippen LogP contribution in [-0.2, 0) is 4.74 Å². The highest BCUT2D eigenvalue weighted by atomic mass is 16.5. The van der Waals surface area contributed by atoms with Crippen LogP contribution in [0.2, 0.25) is 0 Å². The number of allylic oxidation sites excluding steroid dienone is 1. The number of benzene rings is 1. The Kier molecular flexibility index (Phi) is 6.85. The Morgan fingerprint density at radius 3 is 2.50 bits per heavy atom. The van der Waals surface area contributed by atoms with Crippen LogP contribution in [-0.4, -0.2) is 12.6 Å². The van der Waals surface area contributed by atoms with E-state index in [2.05, 4.69) is 19.1 Å². The molecule has 0 amide bonds. The van der Waals surface area contributed by atoms with Gasteiger partial charge < -0.3 is 4.74 Å². The van der Waals surface area contributed by atoms with E-state index in [9.17, 15) is 4.79 Å². The van der Waals surface area contributed by atoms with Crippen molar-refractivity contribution in [3.63, 3.8) is 0 Å². The van der Waals surface area contributed by atoms with Crippen molar-refractivity contribution in [3.8, 4) is 0 Å². The normalized spacial score (nSPS) is 10.8. The van der Waals surface area contributed by atoms with E-state index in [0.717, 1.165) is 12.0 Å². The van der Waals surface area contributed by atoms with Crippen molar-refractivity contribution in [3.05, 3.63) is 41.5 Å². The molecule has 0 radical (unpaired) electrons. The summed E-state index contributed by atoms with van der Waals surface area (Å²) in [6.07, 6.45) is 9.19. The number of esters is 1. The number of carbonyl (C=O) groups is 1. The molecule has 0 N–H and O–H groups in total. The van der Waals surface area contributed by atoms with Gasteiger partial charge >= 0.3 is 5.97 Å². The zero-order valence-corrected chi connectivity index (χ0v) is 11.3. The van der Waals surface area contributed by atoms with Gasteiger partial charge in [-0.1, -0.05) is 44.1 Å². The van der Waals surface area contributed by atoms with Crippen molar-refractivity contribution in [2.75, 3.05) is 6.61 Å². The van der Waals surface area contributed by atoms with Gasteiger partial charge in [-0.25, -0.2) is 4.79 Å². The van der Waals surface area contributed by atoms with Gasteiger partial charge in [-0.3, -0.25) is 0 Å². The molecule has 0 aromatic heterocycles. The van der Waals surface area contributed by atoms with Crippen LogP contribution < -0.4 is 0 Å². The van der Waals surface area contributed by atoms with Crippen LogP contribution in [0.25, 0.3) is 6.08 Å². The molecule has 0 fully saturated rings. The average Bonchev–Trinajstić information content (AvgIpc) is 2.39.